The van der Waals surface area contributed by atoms with Crippen molar-refractivity contribution in [3.63, 3.8) is 0 Å². The highest BCUT2D eigenvalue weighted by molar-refractivity contribution is 5.96. The Morgan fingerprint density at radius 1 is 1.32 bits per heavy atom. The van der Waals surface area contributed by atoms with Crippen molar-refractivity contribution in [3.05, 3.63) is 23.8 Å². The topological polar surface area (TPSA) is 67.2 Å². The fourth-order valence-electron chi connectivity index (χ4n) is 2.13. The first-order chi connectivity index (χ1) is 8.93. The van der Waals surface area contributed by atoms with Gasteiger partial charge in [-0.15, -0.1) is 0 Å². The number of rotatable bonds is 6. The van der Waals surface area contributed by atoms with Crippen LogP contribution >= 0.6 is 0 Å². The van der Waals surface area contributed by atoms with Gasteiger partial charge in [-0.1, -0.05) is 13.8 Å². The van der Waals surface area contributed by atoms with Crippen molar-refractivity contribution in [2.45, 2.75) is 40.2 Å². The molecule has 106 valence electrons. The molecule has 1 rings (SSSR count). The number of hydrogen-bond donors (Lipinski definition) is 3. The van der Waals surface area contributed by atoms with Crippen molar-refractivity contribution in [1.82, 2.24) is 5.32 Å². The fraction of sp³-hybridized carbons (Fsp3) is 0.533. The zero-order valence-corrected chi connectivity index (χ0v) is 12.3. The standard InChI is InChI=1S/C15H25N3O/c1-5-17-15(19)12-6-7-14(13(16)9-12)18-11(4)8-10(2)3/h6-7,9-11,18H,5,8,16H2,1-4H3,(H,17,19). The Morgan fingerprint density at radius 2 is 2.00 bits per heavy atom. The molecule has 0 aliphatic carbocycles. The molecule has 1 unspecified atom stereocenters. The molecule has 4 nitrogen and oxygen atoms in total. The predicted molar refractivity (Wildman–Crippen MR) is 81.4 cm³/mol. The Hall–Kier alpha value is -1.71. The van der Waals surface area contributed by atoms with Crippen molar-refractivity contribution < 1.29 is 4.79 Å². The van der Waals surface area contributed by atoms with Crippen LogP contribution in [0.2, 0.25) is 0 Å². The lowest BCUT2D eigenvalue weighted by Gasteiger charge is -2.19. The molecular formula is C15H25N3O. The van der Waals surface area contributed by atoms with Gasteiger partial charge in [0.15, 0.2) is 0 Å². The van der Waals surface area contributed by atoms with E-state index in [1.807, 2.05) is 13.0 Å². The van der Waals surface area contributed by atoms with E-state index in [2.05, 4.69) is 31.4 Å². The lowest BCUT2D eigenvalue weighted by atomic mass is 10.0. The summed E-state index contributed by atoms with van der Waals surface area (Å²) in [5.74, 6) is 0.550. The summed E-state index contributed by atoms with van der Waals surface area (Å²) in [4.78, 5) is 11.7. The summed E-state index contributed by atoms with van der Waals surface area (Å²) in [6.07, 6.45) is 1.08. The second-order valence-electron chi connectivity index (χ2n) is 5.34. The molecule has 0 aliphatic heterocycles. The number of anilines is 2. The molecule has 1 atom stereocenters. The van der Waals surface area contributed by atoms with Gasteiger partial charge in [0.05, 0.1) is 11.4 Å². The fourth-order valence-corrected chi connectivity index (χ4v) is 2.13. The zero-order valence-electron chi connectivity index (χ0n) is 12.3. The first-order valence-corrected chi connectivity index (χ1v) is 6.88. The molecule has 0 radical (unpaired) electrons. The molecule has 0 heterocycles. The van der Waals surface area contributed by atoms with Gasteiger partial charge in [-0.05, 0) is 44.4 Å². The largest absolute Gasteiger partial charge is 0.397 e. The van der Waals surface area contributed by atoms with Crippen LogP contribution < -0.4 is 16.4 Å². The molecule has 19 heavy (non-hydrogen) atoms. The first-order valence-electron chi connectivity index (χ1n) is 6.88. The molecule has 4 heteroatoms. The van der Waals surface area contributed by atoms with Gasteiger partial charge in [0.2, 0.25) is 0 Å². The molecule has 1 aromatic carbocycles. The highest BCUT2D eigenvalue weighted by atomic mass is 16.1. The monoisotopic (exact) mass is 263 g/mol. The molecule has 1 aromatic rings. The molecule has 0 saturated heterocycles. The number of carbonyl (C=O) groups is 1. The van der Waals surface area contributed by atoms with E-state index in [0.717, 1.165) is 12.1 Å². The predicted octanol–water partition coefficient (Wildman–Crippen LogP) is 2.87. The molecule has 0 aliphatic rings. The van der Waals surface area contributed by atoms with Gasteiger partial charge in [0.25, 0.3) is 5.91 Å². The summed E-state index contributed by atoms with van der Waals surface area (Å²) in [5.41, 5.74) is 8.09. The van der Waals surface area contributed by atoms with Crippen molar-refractivity contribution in [1.29, 1.82) is 0 Å². The van der Waals surface area contributed by atoms with Gasteiger partial charge in [-0.3, -0.25) is 4.79 Å². The third-order valence-corrected chi connectivity index (χ3v) is 2.88. The summed E-state index contributed by atoms with van der Waals surface area (Å²) in [6.45, 7) is 9.03. The van der Waals surface area contributed by atoms with Crippen LogP contribution in [-0.4, -0.2) is 18.5 Å². The maximum Gasteiger partial charge on any atom is 0.251 e. The van der Waals surface area contributed by atoms with E-state index in [1.54, 1.807) is 12.1 Å². The van der Waals surface area contributed by atoms with E-state index in [0.29, 0.717) is 29.8 Å². The zero-order chi connectivity index (χ0) is 14.4. The summed E-state index contributed by atoms with van der Waals surface area (Å²) in [7, 11) is 0. The quantitative estimate of drug-likeness (QED) is 0.691. The van der Waals surface area contributed by atoms with Crippen LogP contribution in [0.25, 0.3) is 0 Å². The van der Waals surface area contributed by atoms with E-state index < -0.39 is 0 Å². The second kappa shape index (κ2) is 7.02. The van der Waals surface area contributed by atoms with E-state index in [9.17, 15) is 4.79 Å². The Balaban J connectivity index is 2.74. The minimum absolute atomic E-state index is 0.0871. The lowest BCUT2D eigenvalue weighted by molar-refractivity contribution is 0.0956. The maximum absolute atomic E-state index is 11.7. The second-order valence-corrected chi connectivity index (χ2v) is 5.34. The Labute approximate surface area is 115 Å². The van der Waals surface area contributed by atoms with Crippen molar-refractivity contribution in [2.75, 3.05) is 17.6 Å². The van der Waals surface area contributed by atoms with Crippen LogP contribution in [0.4, 0.5) is 11.4 Å². The minimum Gasteiger partial charge on any atom is -0.397 e. The molecule has 0 fully saturated rings. The van der Waals surface area contributed by atoms with Crippen molar-refractivity contribution in [3.8, 4) is 0 Å². The first kappa shape index (κ1) is 15.3. The Bertz CT molecular complexity index is 429. The normalized spacial score (nSPS) is 12.3. The lowest BCUT2D eigenvalue weighted by Crippen LogP contribution is -2.23. The third kappa shape index (κ3) is 4.81. The van der Waals surface area contributed by atoms with Gasteiger partial charge in [0, 0.05) is 18.2 Å². The van der Waals surface area contributed by atoms with Gasteiger partial charge in [-0.2, -0.15) is 0 Å². The molecule has 0 bridgehead atoms. The van der Waals surface area contributed by atoms with Crippen LogP contribution in [0.15, 0.2) is 18.2 Å². The van der Waals surface area contributed by atoms with Crippen LogP contribution in [0.1, 0.15) is 44.5 Å². The minimum atomic E-state index is -0.0871. The number of amides is 1. The number of carbonyl (C=O) groups excluding carboxylic acids is 1. The maximum atomic E-state index is 11.7. The number of nitrogens with two attached hydrogens (primary N) is 1. The van der Waals surface area contributed by atoms with E-state index in [-0.39, 0.29) is 5.91 Å². The smallest absolute Gasteiger partial charge is 0.251 e. The Morgan fingerprint density at radius 3 is 2.53 bits per heavy atom. The summed E-state index contributed by atoms with van der Waals surface area (Å²) in [5, 5.41) is 6.14. The van der Waals surface area contributed by atoms with E-state index >= 15 is 0 Å². The average Bonchev–Trinajstić information content (AvgIpc) is 2.31. The molecule has 4 N–H and O–H groups in total. The van der Waals surface area contributed by atoms with Crippen molar-refractivity contribution >= 4 is 17.3 Å². The SMILES string of the molecule is CCNC(=O)c1ccc(NC(C)CC(C)C)c(N)c1. The summed E-state index contributed by atoms with van der Waals surface area (Å²) in [6, 6.07) is 5.75. The molecule has 0 aromatic heterocycles. The van der Waals surface area contributed by atoms with Gasteiger partial charge in [0.1, 0.15) is 0 Å². The molecule has 1 amide bonds. The van der Waals surface area contributed by atoms with Crippen LogP contribution in [0.3, 0.4) is 0 Å². The number of benzene rings is 1. The summed E-state index contributed by atoms with van der Waals surface area (Å²) < 4.78 is 0. The molecule has 0 spiro atoms. The van der Waals surface area contributed by atoms with Crippen LogP contribution in [0.5, 0.6) is 0 Å². The average molecular weight is 263 g/mol. The Kier molecular flexibility index (Phi) is 5.67. The highest BCUT2D eigenvalue weighted by Crippen LogP contribution is 2.22. The number of hydrogen-bond acceptors (Lipinski definition) is 3. The van der Waals surface area contributed by atoms with Crippen molar-refractivity contribution in [2.24, 2.45) is 5.92 Å². The third-order valence-electron chi connectivity index (χ3n) is 2.88. The molecule has 0 saturated carbocycles. The highest BCUT2D eigenvalue weighted by Gasteiger charge is 2.10. The molecular weight excluding hydrogens is 238 g/mol. The van der Waals surface area contributed by atoms with E-state index in [1.165, 1.54) is 0 Å². The van der Waals surface area contributed by atoms with Gasteiger partial charge < -0.3 is 16.4 Å². The van der Waals surface area contributed by atoms with E-state index in [4.69, 9.17) is 5.73 Å². The summed E-state index contributed by atoms with van der Waals surface area (Å²) >= 11 is 0. The van der Waals surface area contributed by atoms with Gasteiger partial charge >= 0.3 is 0 Å². The van der Waals surface area contributed by atoms with Gasteiger partial charge in [-0.25, -0.2) is 0 Å². The number of nitrogens with one attached hydrogen (secondary N) is 2. The van der Waals surface area contributed by atoms with Crippen LogP contribution in [-0.2, 0) is 0 Å². The number of nitrogen functional groups attached to an aromatic ring is 1. The van der Waals surface area contributed by atoms with Crippen LogP contribution in [0, 0.1) is 5.92 Å².